The Hall–Kier alpha value is -1.06. The normalized spacial score (nSPS) is 10.9. The van der Waals surface area contributed by atoms with Crippen molar-refractivity contribution < 1.29 is 4.79 Å². The van der Waals surface area contributed by atoms with E-state index in [2.05, 4.69) is 17.5 Å². The van der Waals surface area contributed by atoms with Crippen LogP contribution < -0.4 is 5.43 Å². The first-order valence-electron chi connectivity index (χ1n) is 6.40. The molecular formula is C14H18Cl2N2O. The summed E-state index contributed by atoms with van der Waals surface area (Å²) in [7, 11) is 0. The topological polar surface area (TPSA) is 41.5 Å². The number of halogens is 2. The van der Waals surface area contributed by atoms with E-state index in [0.717, 1.165) is 31.2 Å². The number of hydrogen-bond acceptors (Lipinski definition) is 2. The molecule has 0 aliphatic heterocycles. The second-order valence-electron chi connectivity index (χ2n) is 4.27. The number of amides is 1. The first-order chi connectivity index (χ1) is 9.13. The molecule has 0 saturated heterocycles. The van der Waals surface area contributed by atoms with Crippen molar-refractivity contribution in [1.82, 2.24) is 5.43 Å². The molecule has 104 valence electrons. The lowest BCUT2D eigenvalue weighted by atomic mass is 10.1. The zero-order chi connectivity index (χ0) is 14.1. The summed E-state index contributed by atoms with van der Waals surface area (Å²) < 4.78 is 0. The standard InChI is InChI=1S/C14H18Cl2N2O/c1-2-3-4-5-6-14(19)18-17-10-11-7-8-12(15)9-13(11)16/h7-10H,2-6H2,1H3,(H,18,19). The minimum absolute atomic E-state index is 0.0718. The first-order valence-corrected chi connectivity index (χ1v) is 7.16. The van der Waals surface area contributed by atoms with Crippen molar-refractivity contribution in [3.8, 4) is 0 Å². The first kappa shape index (κ1) is 16.0. The maximum atomic E-state index is 11.5. The average Bonchev–Trinajstić information content (AvgIpc) is 2.37. The zero-order valence-corrected chi connectivity index (χ0v) is 12.5. The molecule has 0 saturated carbocycles. The molecule has 1 aromatic rings. The number of hydrogen-bond donors (Lipinski definition) is 1. The minimum Gasteiger partial charge on any atom is -0.273 e. The molecule has 0 bridgehead atoms. The molecule has 0 heterocycles. The molecule has 0 spiro atoms. The van der Waals surface area contributed by atoms with E-state index in [1.54, 1.807) is 18.2 Å². The van der Waals surface area contributed by atoms with Crippen LogP contribution in [0.1, 0.15) is 44.6 Å². The van der Waals surface area contributed by atoms with Crippen LogP contribution in [0.2, 0.25) is 10.0 Å². The number of rotatable bonds is 7. The van der Waals surface area contributed by atoms with Crippen molar-refractivity contribution in [1.29, 1.82) is 0 Å². The molecule has 0 atom stereocenters. The fraction of sp³-hybridized carbons (Fsp3) is 0.429. The number of unbranched alkanes of at least 4 members (excludes halogenated alkanes) is 3. The van der Waals surface area contributed by atoms with Gasteiger partial charge in [-0.1, -0.05) is 55.5 Å². The Labute approximate surface area is 124 Å². The van der Waals surface area contributed by atoms with E-state index in [-0.39, 0.29) is 5.91 Å². The number of carbonyl (C=O) groups excluding carboxylic acids is 1. The van der Waals surface area contributed by atoms with Crippen molar-refractivity contribution in [3.63, 3.8) is 0 Å². The van der Waals surface area contributed by atoms with Gasteiger partial charge in [0.05, 0.1) is 11.2 Å². The lowest BCUT2D eigenvalue weighted by molar-refractivity contribution is -0.121. The molecule has 0 unspecified atom stereocenters. The molecule has 0 radical (unpaired) electrons. The lowest BCUT2D eigenvalue weighted by Gasteiger charge is -2.00. The molecule has 0 aromatic heterocycles. The summed E-state index contributed by atoms with van der Waals surface area (Å²) in [5.41, 5.74) is 3.21. The number of carbonyl (C=O) groups is 1. The largest absolute Gasteiger partial charge is 0.273 e. The summed E-state index contributed by atoms with van der Waals surface area (Å²) in [6.45, 7) is 2.14. The van der Waals surface area contributed by atoms with Gasteiger partial charge >= 0.3 is 0 Å². The van der Waals surface area contributed by atoms with E-state index < -0.39 is 0 Å². The number of benzene rings is 1. The Balaban J connectivity index is 2.34. The molecular weight excluding hydrogens is 283 g/mol. The van der Waals surface area contributed by atoms with Crippen molar-refractivity contribution in [2.45, 2.75) is 39.0 Å². The van der Waals surface area contributed by atoms with Gasteiger partial charge in [-0.3, -0.25) is 4.79 Å². The van der Waals surface area contributed by atoms with E-state index in [4.69, 9.17) is 23.2 Å². The fourth-order valence-electron chi connectivity index (χ4n) is 1.55. The summed E-state index contributed by atoms with van der Waals surface area (Å²) in [4.78, 5) is 11.5. The molecule has 5 heteroatoms. The molecule has 19 heavy (non-hydrogen) atoms. The summed E-state index contributed by atoms with van der Waals surface area (Å²) >= 11 is 11.8. The third-order valence-electron chi connectivity index (χ3n) is 2.61. The van der Waals surface area contributed by atoms with Crippen LogP contribution >= 0.6 is 23.2 Å². The number of hydrazone groups is 1. The molecule has 1 amide bonds. The molecule has 0 aliphatic rings. The predicted molar refractivity (Wildman–Crippen MR) is 81.0 cm³/mol. The summed E-state index contributed by atoms with van der Waals surface area (Å²) in [5, 5.41) is 4.96. The third-order valence-corrected chi connectivity index (χ3v) is 3.18. The van der Waals surface area contributed by atoms with E-state index in [9.17, 15) is 4.79 Å². The third kappa shape index (κ3) is 6.60. The Morgan fingerprint density at radius 2 is 2.11 bits per heavy atom. The second kappa shape index (κ2) is 8.94. The Morgan fingerprint density at radius 3 is 2.79 bits per heavy atom. The van der Waals surface area contributed by atoms with Crippen molar-refractivity contribution in [2.24, 2.45) is 5.10 Å². The van der Waals surface area contributed by atoms with Crippen LogP contribution in [0.25, 0.3) is 0 Å². The van der Waals surface area contributed by atoms with E-state index in [0.29, 0.717) is 16.5 Å². The van der Waals surface area contributed by atoms with Crippen molar-refractivity contribution >= 4 is 35.3 Å². The highest BCUT2D eigenvalue weighted by atomic mass is 35.5. The highest BCUT2D eigenvalue weighted by molar-refractivity contribution is 6.36. The summed E-state index contributed by atoms with van der Waals surface area (Å²) in [5.74, 6) is -0.0718. The van der Waals surface area contributed by atoms with Gasteiger partial charge in [-0.15, -0.1) is 0 Å². The van der Waals surface area contributed by atoms with Gasteiger partial charge in [0.1, 0.15) is 0 Å². The van der Waals surface area contributed by atoms with Crippen LogP contribution in [0.5, 0.6) is 0 Å². The van der Waals surface area contributed by atoms with Gasteiger partial charge in [0, 0.05) is 17.0 Å². The molecule has 0 fully saturated rings. The van der Waals surface area contributed by atoms with Gasteiger partial charge in [0.15, 0.2) is 0 Å². The minimum atomic E-state index is -0.0718. The van der Waals surface area contributed by atoms with Crippen LogP contribution in [0.4, 0.5) is 0 Å². The van der Waals surface area contributed by atoms with E-state index >= 15 is 0 Å². The Bertz CT molecular complexity index is 447. The van der Waals surface area contributed by atoms with Crippen molar-refractivity contribution in [3.05, 3.63) is 33.8 Å². The van der Waals surface area contributed by atoms with Gasteiger partial charge in [0.2, 0.25) is 5.91 Å². The maximum Gasteiger partial charge on any atom is 0.240 e. The highest BCUT2D eigenvalue weighted by Gasteiger charge is 2.00. The average molecular weight is 301 g/mol. The van der Waals surface area contributed by atoms with Crippen LogP contribution in [-0.2, 0) is 4.79 Å². The summed E-state index contributed by atoms with van der Waals surface area (Å²) in [6.07, 6.45) is 6.33. The van der Waals surface area contributed by atoms with Gasteiger partial charge in [-0.05, 0) is 18.6 Å². The maximum absolute atomic E-state index is 11.5. The predicted octanol–water partition coefficient (Wildman–Crippen LogP) is 4.41. The van der Waals surface area contributed by atoms with Gasteiger partial charge < -0.3 is 0 Å². The molecule has 3 nitrogen and oxygen atoms in total. The lowest BCUT2D eigenvalue weighted by Crippen LogP contribution is -2.16. The van der Waals surface area contributed by atoms with Crippen LogP contribution in [0, 0.1) is 0 Å². The van der Waals surface area contributed by atoms with Gasteiger partial charge in [0.25, 0.3) is 0 Å². The number of nitrogens with one attached hydrogen (secondary N) is 1. The quantitative estimate of drug-likeness (QED) is 0.452. The zero-order valence-electron chi connectivity index (χ0n) is 11.0. The molecule has 1 rings (SSSR count). The molecule has 0 aliphatic carbocycles. The molecule has 1 N–H and O–H groups in total. The van der Waals surface area contributed by atoms with E-state index in [1.165, 1.54) is 6.21 Å². The Kier molecular flexibility index (Phi) is 7.53. The van der Waals surface area contributed by atoms with Crippen LogP contribution in [0.15, 0.2) is 23.3 Å². The summed E-state index contributed by atoms with van der Waals surface area (Å²) in [6, 6.07) is 5.11. The van der Waals surface area contributed by atoms with Crippen molar-refractivity contribution in [2.75, 3.05) is 0 Å². The van der Waals surface area contributed by atoms with Crippen LogP contribution in [-0.4, -0.2) is 12.1 Å². The smallest absolute Gasteiger partial charge is 0.240 e. The Morgan fingerprint density at radius 1 is 1.32 bits per heavy atom. The van der Waals surface area contributed by atoms with Gasteiger partial charge in [-0.2, -0.15) is 5.10 Å². The number of nitrogens with zero attached hydrogens (tertiary/aromatic N) is 1. The monoisotopic (exact) mass is 300 g/mol. The fourth-order valence-corrected chi connectivity index (χ4v) is 2.01. The molecule has 1 aromatic carbocycles. The van der Waals surface area contributed by atoms with E-state index in [1.807, 2.05) is 0 Å². The van der Waals surface area contributed by atoms with Crippen LogP contribution in [0.3, 0.4) is 0 Å². The second-order valence-corrected chi connectivity index (χ2v) is 5.11. The highest BCUT2D eigenvalue weighted by Crippen LogP contribution is 2.19. The van der Waals surface area contributed by atoms with Gasteiger partial charge in [-0.25, -0.2) is 5.43 Å². The SMILES string of the molecule is CCCCCCC(=O)NN=Cc1ccc(Cl)cc1Cl.